The topological polar surface area (TPSA) is 207 Å². The molecule has 0 fully saturated rings. The first kappa shape index (κ1) is 57.2. The molecule has 3 N–H and O–H groups in total. The van der Waals surface area contributed by atoms with Crippen molar-refractivity contribution in [2.45, 2.75) is 58.6 Å². The van der Waals surface area contributed by atoms with Gasteiger partial charge in [0.15, 0.2) is 0 Å². The Morgan fingerprint density at radius 2 is 0.881 bits per heavy atom. The minimum atomic E-state index is -0.536. The van der Waals surface area contributed by atoms with Gasteiger partial charge >= 0.3 is 0 Å². The highest BCUT2D eigenvalue weighted by Gasteiger charge is 2.15. The van der Waals surface area contributed by atoms with Crippen LogP contribution >= 0.6 is 12.0 Å². The van der Waals surface area contributed by atoms with Gasteiger partial charge in [0.1, 0.15) is 6.61 Å². The van der Waals surface area contributed by atoms with Crippen molar-refractivity contribution < 1.29 is 75.4 Å². The van der Waals surface area contributed by atoms with E-state index in [1.54, 1.807) is 0 Å². The predicted molar refractivity (Wildman–Crippen MR) is 222 cm³/mol. The number of rotatable bonds is 48. The Kier molecular flexibility index (Phi) is 45.9. The van der Waals surface area contributed by atoms with E-state index in [-0.39, 0.29) is 76.3 Å². The molecule has 0 rings (SSSR count). The van der Waals surface area contributed by atoms with Crippen LogP contribution in [0.15, 0.2) is 0 Å². The van der Waals surface area contributed by atoms with E-state index in [0.29, 0.717) is 132 Å². The number of hydrogen-bond donors (Lipinski definition) is 3. The number of hydrogen-bond acceptors (Lipinski definition) is 17. The molecule has 1 atom stereocenters. The third-order valence-corrected chi connectivity index (χ3v) is 7.70. The largest absolute Gasteiger partial charge is 0.379 e. The van der Waals surface area contributed by atoms with Crippen LogP contribution in [-0.4, -0.2) is 208 Å². The molecule has 1 unspecified atom stereocenters. The van der Waals surface area contributed by atoms with Crippen LogP contribution in [0.2, 0.25) is 0 Å². The molecule has 0 aromatic rings. The van der Waals surface area contributed by atoms with Gasteiger partial charge in [-0.2, -0.15) is 0 Å². The van der Waals surface area contributed by atoms with E-state index in [1.807, 2.05) is 20.1 Å². The summed E-state index contributed by atoms with van der Waals surface area (Å²) in [6, 6.07) is -0.536. The Bertz CT molecular complexity index is 931. The highest BCUT2D eigenvalue weighted by Crippen LogP contribution is 1.96. The summed E-state index contributed by atoms with van der Waals surface area (Å²) in [6.45, 7) is 15.7. The molecule has 0 saturated heterocycles. The van der Waals surface area contributed by atoms with Crippen molar-refractivity contribution in [2.24, 2.45) is 0 Å². The summed E-state index contributed by atoms with van der Waals surface area (Å²) < 4.78 is 70.9. The minimum Gasteiger partial charge on any atom is -0.379 e. The van der Waals surface area contributed by atoms with E-state index in [1.165, 1.54) is 12.0 Å². The third-order valence-electron chi connectivity index (χ3n) is 7.30. The molecule has 0 bridgehead atoms. The van der Waals surface area contributed by atoms with Gasteiger partial charge in [-0.3, -0.25) is 14.4 Å². The highest BCUT2D eigenvalue weighted by atomic mass is 32.2. The second-order valence-electron chi connectivity index (χ2n) is 12.8. The van der Waals surface area contributed by atoms with Gasteiger partial charge in [-0.25, -0.2) is 0 Å². The molecule has 0 spiro atoms. The summed E-state index contributed by atoms with van der Waals surface area (Å²) >= 11 is 1.30. The fourth-order valence-electron chi connectivity index (χ4n) is 4.34. The average molecular weight is 876 g/mol. The summed E-state index contributed by atoms with van der Waals surface area (Å²) in [5, 5.41) is 8.39. The maximum Gasteiger partial charge on any atom is 0.246 e. The molecule has 0 aromatic heterocycles. The maximum atomic E-state index is 12.6. The second kappa shape index (κ2) is 47.3. The van der Waals surface area contributed by atoms with Gasteiger partial charge in [-0.15, -0.1) is 0 Å². The first-order valence-corrected chi connectivity index (χ1v) is 22.0. The van der Waals surface area contributed by atoms with Crippen LogP contribution in [0.1, 0.15) is 46.5 Å². The third kappa shape index (κ3) is 47.1. The van der Waals surface area contributed by atoms with Crippen molar-refractivity contribution in [3.63, 3.8) is 0 Å². The molecule has 19 nitrogen and oxygen atoms in total. The fourth-order valence-corrected chi connectivity index (χ4v) is 4.57. The summed E-state index contributed by atoms with van der Waals surface area (Å²) in [5.74, 6) is -0.744. The lowest BCUT2D eigenvalue weighted by atomic mass is 10.3. The molecular weight excluding hydrogens is 799 g/mol. The molecule has 0 radical (unpaired) electrons. The quantitative estimate of drug-likeness (QED) is 0.0580. The van der Waals surface area contributed by atoms with Gasteiger partial charge < -0.3 is 77.0 Å². The lowest BCUT2D eigenvalue weighted by Gasteiger charge is -2.19. The second-order valence-corrected chi connectivity index (χ2v) is 13.4. The number of ether oxygens (including phenoxy) is 12. The van der Waals surface area contributed by atoms with Crippen molar-refractivity contribution in [1.29, 1.82) is 0 Å². The van der Waals surface area contributed by atoms with E-state index >= 15 is 0 Å². The van der Waals surface area contributed by atoms with Crippen molar-refractivity contribution in [3.8, 4) is 0 Å². The highest BCUT2D eigenvalue weighted by molar-refractivity contribution is 7.93. The van der Waals surface area contributed by atoms with Gasteiger partial charge in [-0.1, -0.05) is 13.3 Å². The van der Waals surface area contributed by atoms with Gasteiger partial charge in [0, 0.05) is 38.8 Å². The fraction of sp³-hybridized carbons (Fsp3) is 0.923. The summed E-state index contributed by atoms with van der Waals surface area (Å²) in [4.78, 5) is 37.1. The van der Waals surface area contributed by atoms with E-state index in [9.17, 15) is 14.4 Å². The molecule has 0 aromatic carbocycles. The maximum absolute atomic E-state index is 12.6. The van der Waals surface area contributed by atoms with Gasteiger partial charge in [0.2, 0.25) is 17.7 Å². The van der Waals surface area contributed by atoms with Crippen LogP contribution < -0.4 is 16.0 Å². The van der Waals surface area contributed by atoms with E-state index in [0.717, 1.165) is 12.8 Å². The summed E-state index contributed by atoms with van der Waals surface area (Å²) in [5.41, 5.74) is 0. The van der Waals surface area contributed by atoms with E-state index in [4.69, 9.17) is 61.0 Å². The van der Waals surface area contributed by atoms with Gasteiger partial charge in [-0.05, 0) is 32.3 Å². The number of unbranched alkanes of at least 4 members (excludes halogenated alkanes) is 1. The zero-order chi connectivity index (χ0) is 43.1. The van der Waals surface area contributed by atoms with E-state index in [2.05, 4.69) is 22.9 Å². The number of carbonyl (C=O) groups is 3. The monoisotopic (exact) mass is 876 g/mol. The molecule has 0 aliphatic heterocycles. The summed E-state index contributed by atoms with van der Waals surface area (Å²) in [7, 11) is 0. The molecule has 0 aliphatic rings. The first-order valence-electron chi connectivity index (χ1n) is 20.8. The average Bonchev–Trinajstić information content (AvgIpc) is 3.22. The minimum absolute atomic E-state index is 0.0907. The Hall–Kier alpha value is -1.76. The van der Waals surface area contributed by atoms with Crippen molar-refractivity contribution in [1.82, 2.24) is 16.0 Å². The van der Waals surface area contributed by atoms with Crippen LogP contribution in [0.5, 0.6) is 0 Å². The lowest BCUT2D eigenvalue weighted by Crippen LogP contribution is -2.43. The van der Waals surface area contributed by atoms with Crippen molar-refractivity contribution >= 4 is 29.8 Å². The van der Waals surface area contributed by atoms with Crippen LogP contribution in [0.3, 0.4) is 0 Å². The molecule has 350 valence electrons. The molecule has 3 amide bonds. The van der Waals surface area contributed by atoms with Crippen LogP contribution in [-0.2, 0) is 75.4 Å². The van der Waals surface area contributed by atoms with Crippen LogP contribution in [0.25, 0.3) is 0 Å². The van der Waals surface area contributed by atoms with Gasteiger partial charge in [0.05, 0.1) is 157 Å². The number of carbonyl (C=O) groups excluding carboxylic acids is 3. The summed E-state index contributed by atoms with van der Waals surface area (Å²) in [6.07, 6.45) is 4.39. The Morgan fingerprint density at radius 3 is 1.32 bits per heavy atom. The number of amides is 3. The zero-order valence-electron chi connectivity index (χ0n) is 36.3. The van der Waals surface area contributed by atoms with Gasteiger partial charge in [0.25, 0.3) is 0 Å². The smallest absolute Gasteiger partial charge is 0.246 e. The van der Waals surface area contributed by atoms with Crippen molar-refractivity contribution in [3.05, 3.63) is 0 Å². The normalized spacial score (nSPS) is 11.9. The van der Waals surface area contributed by atoms with Crippen LogP contribution in [0, 0.1) is 0 Å². The standard InChI is InChI=1S/C39H77N3O16S/c1-5-6-11-46-16-19-51-26-27-56-34-39(45)42-36(33-55-13-8-38(44)41-10-15-48-18-21-50-23-25-53-29-31-58-59-4)32-54-12-7-37(43)40-9-14-47-17-20-49-22-24-52-28-30-57-35(2)3/h35-36H,5-34H2,1-4H3,(H,40,43)(H,41,44)(H,42,45). The lowest BCUT2D eigenvalue weighted by molar-refractivity contribution is -0.129. The van der Waals surface area contributed by atoms with Crippen LogP contribution in [0.4, 0.5) is 0 Å². The predicted octanol–water partition coefficient (Wildman–Crippen LogP) is 1.19. The molecule has 0 aliphatic carbocycles. The Balaban J connectivity index is 4.23. The van der Waals surface area contributed by atoms with Crippen molar-refractivity contribution in [2.75, 3.05) is 178 Å². The zero-order valence-corrected chi connectivity index (χ0v) is 37.1. The Morgan fingerprint density at radius 1 is 0.475 bits per heavy atom. The van der Waals surface area contributed by atoms with E-state index < -0.39 is 6.04 Å². The SMILES string of the molecule is CCCCOCCOCCOCC(=O)NC(COCCC(=O)NCCOCCOCCOCCOSC)COCCC(=O)NCCOCCOCCOCCOC(C)C. The first-order chi connectivity index (χ1) is 28.9. The molecule has 0 heterocycles. The Labute approximate surface area is 357 Å². The molecule has 0 saturated carbocycles. The number of nitrogens with one attached hydrogen (secondary N) is 3. The molecular formula is C39H77N3O16S. The molecule has 59 heavy (non-hydrogen) atoms. The molecule has 20 heteroatoms.